The Balaban J connectivity index is 2.18. The van der Waals surface area contributed by atoms with Crippen molar-refractivity contribution in [1.82, 2.24) is 0 Å². The quantitative estimate of drug-likeness (QED) is 0.901. The Hall–Kier alpha value is -1.78. The summed E-state index contributed by atoms with van der Waals surface area (Å²) in [5.41, 5.74) is 6.75. The highest BCUT2D eigenvalue weighted by Crippen LogP contribution is 2.24. The number of carbonyl (C=O) groups is 1. The Bertz CT molecular complexity index is 641. The molecular weight excluding hydrogens is 302 g/mol. The van der Waals surface area contributed by atoms with Crippen LogP contribution in [0, 0.1) is 5.82 Å². The van der Waals surface area contributed by atoms with Gasteiger partial charge in [0, 0.05) is 17.1 Å². The van der Waals surface area contributed by atoms with Crippen LogP contribution in [0.15, 0.2) is 36.4 Å². The van der Waals surface area contributed by atoms with E-state index in [-0.39, 0.29) is 0 Å². The molecule has 0 aliphatic rings. The van der Waals surface area contributed by atoms with Gasteiger partial charge in [-0.3, -0.25) is 4.79 Å². The maximum Gasteiger partial charge on any atom is 0.248 e. The van der Waals surface area contributed by atoms with Crippen LogP contribution >= 0.6 is 23.2 Å². The van der Waals surface area contributed by atoms with Gasteiger partial charge in [-0.15, -0.1) is 0 Å². The number of rotatable bonds is 4. The van der Waals surface area contributed by atoms with Crippen LogP contribution < -0.4 is 11.1 Å². The topological polar surface area (TPSA) is 55.1 Å². The van der Waals surface area contributed by atoms with Gasteiger partial charge in [0.15, 0.2) is 0 Å². The van der Waals surface area contributed by atoms with Crippen LogP contribution in [0.5, 0.6) is 0 Å². The molecule has 0 radical (unpaired) electrons. The normalized spacial score (nSPS) is 10.3. The van der Waals surface area contributed by atoms with Crippen molar-refractivity contribution in [3.63, 3.8) is 0 Å². The van der Waals surface area contributed by atoms with Crippen LogP contribution in [0.3, 0.4) is 0 Å². The van der Waals surface area contributed by atoms with Crippen molar-refractivity contribution in [2.45, 2.75) is 6.54 Å². The first kappa shape index (κ1) is 14.6. The smallest absolute Gasteiger partial charge is 0.248 e. The fourth-order valence-electron chi connectivity index (χ4n) is 1.72. The van der Waals surface area contributed by atoms with Gasteiger partial charge in [0.25, 0.3) is 0 Å². The van der Waals surface area contributed by atoms with Crippen molar-refractivity contribution in [2.24, 2.45) is 5.73 Å². The molecule has 3 N–H and O–H groups in total. The summed E-state index contributed by atoms with van der Waals surface area (Å²) in [6, 6.07) is 8.89. The first-order chi connectivity index (χ1) is 9.45. The minimum atomic E-state index is -0.543. The molecule has 2 aromatic rings. The Morgan fingerprint density at radius 1 is 1.20 bits per heavy atom. The molecule has 0 aliphatic carbocycles. The van der Waals surface area contributed by atoms with Gasteiger partial charge < -0.3 is 11.1 Å². The number of anilines is 1. The highest BCUT2D eigenvalue weighted by molar-refractivity contribution is 6.33. The number of primary amides is 1. The second kappa shape index (κ2) is 6.11. The van der Waals surface area contributed by atoms with E-state index < -0.39 is 11.7 Å². The van der Waals surface area contributed by atoms with Gasteiger partial charge >= 0.3 is 0 Å². The number of hydrogen-bond acceptors (Lipinski definition) is 2. The van der Waals surface area contributed by atoms with Crippen molar-refractivity contribution in [2.75, 3.05) is 5.32 Å². The van der Waals surface area contributed by atoms with Crippen molar-refractivity contribution in [1.29, 1.82) is 0 Å². The van der Waals surface area contributed by atoms with Crippen LogP contribution in [-0.2, 0) is 6.54 Å². The van der Waals surface area contributed by atoms with Gasteiger partial charge in [0.05, 0.1) is 10.7 Å². The van der Waals surface area contributed by atoms with E-state index in [1.165, 1.54) is 18.2 Å². The Labute approximate surface area is 125 Å². The molecule has 2 rings (SSSR count). The van der Waals surface area contributed by atoms with Crippen molar-refractivity contribution in [3.05, 3.63) is 63.4 Å². The summed E-state index contributed by atoms with van der Waals surface area (Å²) in [7, 11) is 0. The molecule has 3 nitrogen and oxygen atoms in total. The first-order valence-electron chi connectivity index (χ1n) is 5.74. The monoisotopic (exact) mass is 312 g/mol. The molecule has 0 saturated heterocycles. The molecule has 0 unspecified atom stereocenters. The van der Waals surface area contributed by atoms with Gasteiger partial charge in [-0.25, -0.2) is 4.39 Å². The first-order valence-corrected chi connectivity index (χ1v) is 6.49. The summed E-state index contributed by atoms with van der Waals surface area (Å²) in [4.78, 5) is 11.1. The summed E-state index contributed by atoms with van der Waals surface area (Å²) < 4.78 is 13.2. The second-order valence-electron chi connectivity index (χ2n) is 4.19. The third-order valence-corrected chi connectivity index (χ3v) is 3.20. The summed E-state index contributed by atoms with van der Waals surface area (Å²) in [6.07, 6.45) is 0. The average molecular weight is 313 g/mol. The lowest BCUT2D eigenvalue weighted by Gasteiger charge is -2.10. The lowest BCUT2D eigenvalue weighted by atomic mass is 10.1. The van der Waals surface area contributed by atoms with E-state index in [0.717, 1.165) is 0 Å². The Morgan fingerprint density at radius 2 is 1.95 bits per heavy atom. The zero-order valence-corrected chi connectivity index (χ0v) is 11.8. The van der Waals surface area contributed by atoms with E-state index in [1.807, 2.05) is 0 Å². The molecule has 1 amide bonds. The minimum absolute atomic E-state index is 0.318. The SMILES string of the molecule is NC(=O)c1ccc(Cl)c(NCc2cc(F)cc(Cl)c2)c1. The second-order valence-corrected chi connectivity index (χ2v) is 5.03. The maximum absolute atomic E-state index is 13.2. The third-order valence-electron chi connectivity index (χ3n) is 2.66. The summed E-state index contributed by atoms with van der Waals surface area (Å²) >= 11 is 11.8. The van der Waals surface area contributed by atoms with Gasteiger partial charge in [-0.1, -0.05) is 23.2 Å². The molecule has 6 heteroatoms. The number of amides is 1. The fraction of sp³-hybridized carbons (Fsp3) is 0.0714. The molecule has 0 spiro atoms. The van der Waals surface area contributed by atoms with Crippen LogP contribution in [-0.4, -0.2) is 5.91 Å². The maximum atomic E-state index is 13.2. The van der Waals surface area contributed by atoms with Crippen LogP contribution in [0.1, 0.15) is 15.9 Å². The molecule has 0 heterocycles. The van der Waals surface area contributed by atoms with E-state index in [2.05, 4.69) is 5.32 Å². The molecule has 2 aromatic carbocycles. The zero-order valence-electron chi connectivity index (χ0n) is 10.3. The third kappa shape index (κ3) is 3.62. The summed E-state index contributed by atoms with van der Waals surface area (Å²) in [5.74, 6) is -0.954. The van der Waals surface area contributed by atoms with Gasteiger partial charge in [-0.05, 0) is 42.0 Å². The summed E-state index contributed by atoms with van der Waals surface area (Å²) in [5, 5.41) is 3.77. The standard InChI is InChI=1S/C14H11Cl2FN2O/c15-10-3-8(4-11(17)6-10)7-19-13-5-9(14(18)20)1-2-12(13)16/h1-6,19H,7H2,(H2,18,20). The van der Waals surface area contributed by atoms with Gasteiger partial charge in [0.1, 0.15) is 5.82 Å². The van der Waals surface area contributed by atoms with E-state index in [9.17, 15) is 9.18 Å². The van der Waals surface area contributed by atoms with E-state index >= 15 is 0 Å². The molecule has 0 saturated carbocycles. The number of benzene rings is 2. The lowest BCUT2D eigenvalue weighted by Crippen LogP contribution is -2.11. The van der Waals surface area contributed by atoms with E-state index in [1.54, 1.807) is 18.2 Å². The predicted molar refractivity (Wildman–Crippen MR) is 78.7 cm³/mol. The lowest BCUT2D eigenvalue weighted by molar-refractivity contribution is 0.100. The molecule has 20 heavy (non-hydrogen) atoms. The Morgan fingerprint density at radius 3 is 2.60 bits per heavy atom. The van der Waals surface area contributed by atoms with Crippen molar-refractivity contribution < 1.29 is 9.18 Å². The number of nitrogens with two attached hydrogens (primary N) is 1. The highest BCUT2D eigenvalue weighted by atomic mass is 35.5. The van der Waals surface area contributed by atoms with Gasteiger partial charge in [-0.2, -0.15) is 0 Å². The molecule has 0 aliphatic heterocycles. The van der Waals surface area contributed by atoms with Crippen LogP contribution in [0.2, 0.25) is 10.0 Å². The number of hydrogen-bond donors (Lipinski definition) is 2. The average Bonchev–Trinajstić information content (AvgIpc) is 2.36. The molecule has 104 valence electrons. The highest BCUT2D eigenvalue weighted by Gasteiger charge is 2.06. The summed E-state index contributed by atoms with van der Waals surface area (Å²) in [6.45, 7) is 0.319. The molecule has 0 atom stereocenters. The molecular formula is C14H11Cl2FN2O. The predicted octanol–water partition coefficient (Wildman–Crippen LogP) is 3.84. The zero-order chi connectivity index (χ0) is 14.7. The molecule has 0 bridgehead atoms. The van der Waals surface area contributed by atoms with Gasteiger partial charge in [0.2, 0.25) is 5.91 Å². The molecule has 0 fully saturated rings. The number of nitrogens with one attached hydrogen (secondary N) is 1. The van der Waals surface area contributed by atoms with Crippen molar-refractivity contribution >= 4 is 34.8 Å². The van der Waals surface area contributed by atoms with Crippen molar-refractivity contribution in [3.8, 4) is 0 Å². The number of halogens is 3. The van der Waals surface area contributed by atoms with Crippen LogP contribution in [0.25, 0.3) is 0 Å². The van der Waals surface area contributed by atoms with E-state index in [4.69, 9.17) is 28.9 Å². The largest absolute Gasteiger partial charge is 0.380 e. The minimum Gasteiger partial charge on any atom is -0.380 e. The van der Waals surface area contributed by atoms with Crippen LogP contribution in [0.4, 0.5) is 10.1 Å². The molecule has 0 aromatic heterocycles. The van der Waals surface area contributed by atoms with E-state index in [0.29, 0.717) is 33.4 Å². The fourth-order valence-corrected chi connectivity index (χ4v) is 2.15. The number of carbonyl (C=O) groups excluding carboxylic acids is 1. The Kier molecular flexibility index (Phi) is 4.47.